The molecule has 1 amide bonds. The summed E-state index contributed by atoms with van der Waals surface area (Å²) in [5.41, 5.74) is 3.25. The zero-order valence-electron chi connectivity index (χ0n) is 16.2. The summed E-state index contributed by atoms with van der Waals surface area (Å²) in [6, 6.07) is 24.2. The lowest BCUT2D eigenvalue weighted by Gasteiger charge is -2.22. The van der Waals surface area contributed by atoms with Crippen LogP contribution < -0.4 is 5.32 Å². The normalized spacial score (nSPS) is 10.3. The Bertz CT molecular complexity index is 1110. The fourth-order valence-electron chi connectivity index (χ4n) is 3.07. The van der Waals surface area contributed by atoms with Crippen molar-refractivity contribution in [3.8, 4) is 12.1 Å². The number of amides is 1. The van der Waals surface area contributed by atoms with E-state index in [-0.39, 0.29) is 18.3 Å². The van der Waals surface area contributed by atoms with Crippen molar-refractivity contribution >= 4 is 11.6 Å². The van der Waals surface area contributed by atoms with E-state index in [9.17, 15) is 9.18 Å². The summed E-state index contributed by atoms with van der Waals surface area (Å²) >= 11 is 0. The van der Waals surface area contributed by atoms with Crippen molar-refractivity contribution in [2.75, 3.05) is 11.9 Å². The summed E-state index contributed by atoms with van der Waals surface area (Å²) in [5.74, 6) is -0.571. The third-order valence-corrected chi connectivity index (χ3v) is 4.43. The molecule has 0 bridgehead atoms. The van der Waals surface area contributed by atoms with Crippen LogP contribution in [0.15, 0.2) is 72.8 Å². The van der Waals surface area contributed by atoms with Crippen LogP contribution in [0.3, 0.4) is 0 Å². The number of carbonyl (C=O) groups excluding carboxylic acids is 1. The predicted octanol–water partition coefficient (Wildman–Crippen LogP) is 4.21. The van der Waals surface area contributed by atoms with E-state index >= 15 is 0 Å². The standard InChI is InChI=1S/C24H19FN4O/c25-22-5-1-4-21(11-22)16-29(15-19-9-7-18(13-26)8-10-19)17-24(30)28-23-6-2-3-20(12-23)14-27/h1-12H,15-17H2,(H,28,30). The Balaban J connectivity index is 1.74. The molecule has 0 spiro atoms. The highest BCUT2D eigenvalue weighted by atomic mass is 19.1. The van der Waals surface area contributed by atoms with E-state index in [4.69, 9.17) is 10.5 Å². The van der Waals surface area contributed by atoms with E-state index in [1.165, 1.54) is 12.1 Å². The van der Waals surface area contributed by atoms with Crippen molar-refractivity contribution in [2.24, 2.45) is 0 Å². The lowest BCUT2D eigenvalue weighted by atomic mass is 10.1. The molecule has 0 saturated heterocycles. The zero-order chi connectivity index (χ0) is 21.3. The van der Waals surface area contributed by atoms with Crippen LogP contribution in [-0.2, 0) is 17.9 Å². The number of rotatable bonds is 7. The predicted molar refractivity (Wildman–Crippen MR) is 111 cm³/mol. The molecule has 3 rings (SSSR count). The average molecular weight is 398 g/mol. The maximum Gasteiger partial charge on any atom is 0.238 e. The Hall–Kier alpha value is -4.00. The Labute approximate surface area is 174 Å². The van der Waals surface area contributed by atoms with Gasteiger partial charge in [-0.25, -0.2) is 4.39 Å². The molecule has 5 nitrogen and oxygen atoms in total. The van der Waals surface area contributed by atoms with Crippen molar-refractivity contribution in [1.82, 2.24) is 4.90 Å². The molecule has 3 aromatic carbocycles. The van der Waals surface area contributed by atoms with Gasteiger partial charge in [0.25, 0.3) is 0 Å². The van der Waals surface area contributed by atoms with Gasteiger partial charge in [-0.05, 0) is 53.6 Å². The minimum Gasteiger partial charge on any atom is -0.325 e. The molecule has 0 aliphatic rings. The lowest BCUT2D eigenvalue weighted by Crippen LogP contribution is -2.32. The maximum atomic E-state index is 13.6. The van der Waals surface area contributed by atoms with Crippen molar-refractivity contribution in [1.29, 1.82) is 10.5 Å². The highest BCUT2D eigenvalue weighted by molar-refractivity contribution is 5.92. The minimum atomic E-state index is -0.330. The van der Waals surface area contributed by atoms with Gasteiger partial charge < -0.3 is 5.32 Å². The van der Waals surface area contributed by atoms with E-state index in [2.05, 4.69) is 11.4 Å². The molecule has 1 N–H and O–H groups in total. The molecule has 6 heteroatoms. The molecular formula is C24H19FN4O. The third-order valence-electron chi connectivity index (χ3n) is 4.43. The van der Waals surface area contributed by atoms with Gasteiger partial charge in [0, 0.05) is 18.8 Å². The van der Waals surface area contributed by atoms with Crippen molar-refractivity contribution in [2.45, 2.75) is 13.1 Å². The van der Waals surface area contributed by atoms with Gasteiger partial charge in [0.05, 0.1) is 29.8 Å². The second kappa shape index (κ2) is 9.97. The Kier molecular flexibility index (Phi) is 6.89. The van der Waals surface area contributed by atoms with E-state index in [0.717, 1.165) is 11.1 Å². The van der Waals surface area contributed by atoms with Crippen LogP contribution in [0.2, 0.25) is 0 Å². The molecule has 0 fully saturated rings. The lowest BCUT2D eigenvalue weighted by molar-refractivity contribution is -0.117. The maximum absolute atomic E-state index is 13.6. The largest absolute Gasteiger partial charge is 0.325 e. The van der Waals surface area contributed by atoms with Crippen molar-refractivity contribution in [3.63, 3.8) is 0 Å². The fraction of sp³-hybridized carbons (Fsp3) is 0.125. The average Bonchev–Trinajstić information content (AvgIpc) is 2.74. The van der Waals surface area contributed by atoms with Crippen LogP contribution in [0.25, 0.3) is 0 Å². The van der Waals surface area contributed by atoms with Gasteiger partial charge in [-0.3, -0.25) is 9.69 Å². The summed E-state index contributed by atoms with van der Waals surface area (Å²) in [4.78, 5) is 14.5. The van der Waals surface area contributed by atoms with E-state index in [1.54, 1.807) is 42.5 Å². The molecule has 148 valence electrons. The number of carbonyl (C=O) groups is 1. The molecule has 3 aromatic rings. The number of benzene rings is 3. The highest BCUT2D eigenvalue weighted by Gasteiger charge is 2.13. The summed E-state index contributed by atoms with van der Waals surface area (Å²) in [7, 11) is 0. The Morgan fingerprint density at radius 1 is 0.867 bits per heavy atom. The minimum absolute atomic E-state index is 0.0767. The van der Waals surface area contributed by atoms with Crippen LogP contribution >= 0.6 is 0 Å². The van der Waals surface area contributed by atoms with Crippen LogP contribution in [0.1, 0.15) is 22.3 Å². The molecule has 0 radical (unpaired) electrons. The first-order valence-corrected chi connectivity index (χ1v) is 9.31. The molecule has 30 heavy (non-hydrogen) atoms. The first-order chi connectivity index (χ1) is 14.6. The molecule has 0 atom stereocenters. The number of nitrogens with zero attached hydrogens (tertiary/aromatic N) is 3. The number of hydrogen-bond donors (Lipinski definition) is 1. The molecule has 0 aliphatic carbocycles. The molecule has 0 aliphatic heterocycles. The zero-order valence-corrected chi connectivity index (χ0v) is 16.2. The first-order valence-electron chi connectivity index (χ1n) is 9.31. The Morgan fingerprint density at radius 2 is 1.57 bits per heavy atom. The van der Waals surface area contributed by atoms with E-state index < -0.39 is 0 Å². The van der Waals surface area contributed by atoms with Crippen LogP contribution in [-0.4, -0.2) is 17.4 Å². The highest BCUT2D eigenvalue weighted by Crippen LogP contribution is 2.14. The third kappa shape index (κ3) is 6.00. The molecule has 0 saturated carbocycles. The number of nitrogens with one attached hydrogen (secondary N) is 1. The summed E-state index contributed by atoms with van der Waals surface area (Å²) in [5, 5.41) is 20.8. The number of anilines is 1. The molecule has 0 unspecified atom stereocenters. The van der Waals surface area contributed by atoms with Crippen LogP contribution in [0.5, 0.6) is 0 Å². The number of nitriles is 2. The van der Waals surface area contributed by atoms with Crippen molar-refractivity contribution < 1.29 is 9.18 Å². The van der Waals surface area contributed by atoms with Crippen LogP contribution in [0.4, 0.5) is 10.1 Å². The van der Waals surface area contributed by atoms with Gasteiger partial charge in [-0.15, -0.1) is 0 Å². The first kappa shape index (κ1) is 20.7. The van der Waals surface area contributed by atoms with Crippen molar-refractivity contribution in [3.05, 3.63) is 101 Å². The topological polar surface area (TPSA) is 79.9 Å². The molecule has 0 heterocycles. The Morgan fingerprint density at radius 3 is 2.27 bits per heavy atom. The SMILES string of the molecule is N#Cc1ccc(CN(CC(=O)Nc2cccc(C#N)c2)Cc2cccc(F)c2)cc1. The van der Waals surface area contributed by atoms with Crippen LogP contribution in [0, 0.1) is 28.5 Å². The van der Waals surface area contributed by atoms with Gasteiger partial charge >= 0.3 is 0 Å². The monoisotopic (exact) mass is 398 g/mol. The van der Waals surface area contributed by atoms with Gasteiger partial charge in [0.1, 0.15) is 5.82 Å². The van der Waals surface area contributed by atoms with Gasteiger partial charge in [0.15, 0.2) is 0 Å². The number of hydrogen-bond acceptors (Lipinski definition) is 4. The summed E-state index contributed by atoms with van der Waals surface area (Å²) in [6.07, 6.45) is 0. The fourth-order valence-corrected chi connectivity index (χ4v) is 3.07. The molecule has 0 aromatic heterocycles. The van der Waals surface area contributed by atoms with E-state index in [1.807, 2.05) is 29.2 Å². The van der Waals surface area contributed by atoms with Gasteiger partial charge in [0.2, 0.25) is 5.91 Å². The molecular weight excluding hydrogens is 379 g/mol. The smallest absolute Gasteiger partial charge is 0.238 e. The summed E-state index contributed by atoms with van der Waals surface area (Å²) < 4.78 is 13.6. The second-order valence-electron chi connectivity index (χ2n) is 6.82. The van der Waals surface area contributed by atoms with Gasteiger partial charge in [-0.1, -0.05) is 30.3 Å². The summed E-state index contributed by atoms with van der Waals surface area (Å²) in [6.45, 7) is 0.907. The number of halogens is 1. The second-order valence-corrected chi connectivity index (χ2v) is 6.82. The quantitative estimate of drug-likeness (QED) is 0.647. The van der Waals surface area contributed by atoms with Gasteiger partial charge in [-0.2, -0.15) is 10.5 Å². The van der Waals surface area contributed by atoms with E-state index in [0.29, 0.717) is 29.9 Å².